The Bertz CT molecular complexity index is 819. The van der Waals surface area contributed by atoms with Crippen molar-refractivity contribution in [2.45, 2.75) is 6.92 Å². The first-order valence-electron chi connectivity index (χ1n) is 6.82. The van der Waals surface area contributed by atoms with E-state index in [1.807, 2.05) is 34.9 Å². The highest BCUT2D eigenvalue weighted by molar-refractivity contribution is 5.92. The molecule has 0 bridgehead atoms. The molecule has 3 aromatic rings. The van der Waals surface area contributed by atoms with Crippen LogP contribution in [0.4, 0.5) is 16.4 Å². The molecule has 3 N–H and O–H groups in total. The molecular formula is C15H16ClN5O2. The first-order chi connectivity index (χ1) is 10.7. The lowest BCUT2D eigenvalue weighted by Gasteiger charge is -2.08. The van der Waals surface area contributed by atoms with Gasteiger partial charge >= 0.3 is 6.09 Å². The molecule has 0 radical (unpaired) electrons. The predicted molar refractivity (Wildman–Crippen MR) is 91.2 cm³/mol. The maximum absolute atomic E-state index is 11.5. The zero-order chi connectivity index (χ0) is 15.5. The Kier molecular flexibility index (Phi) is 5.02. The minimum atomic E-state index is -0.570. The van der Waals surface area contributed by atoms with E-state index in [9.17, 15) is 4.79 Å². The molecule has 2 aromatic heterocycles. The summed E-state index contributed by atoms with van der Waals surface area (Å²) in [6, 6.07) is 11.4. The number of rotatable bonds is 3. The first-order valence-corrected chi connectivity index (χ1v) is 6.82. The van der Waals surface area contributed by atoms with E-state index >= 15 is 0 Å². The van der Waals surface area contributed by atoms with E-state index < -0.39 is 6.09 Å². The van der Waals surface area contributed by atoms with E-state index in [0.717, 1.165) is 11.2 Å². The lowest BCUT2D eigenvalue weighted by atomic mass is 10.3. The maximum Gasteiger partial charge on any atom is 0.412 e. The van der Waals surface area contributed by atoms with Gasteiger partial charge in [-0.2, -0.15) is 0 Å². The Balaban J connectivity index is 0.00000192. The Hall–Kier alpha value is -2.80. The van der Waals surface area contributed by atoms with Crippen molar-refractivity contribution in [2.24, 2.45) is 0 Å². The normalized spacial score (nSPS) is 10.1. The molecule has 0 aliphatic carbocycles. The second-order valence-corrected chi connectivity index (χ2v) is 4.56. The summed E-state index contributed by atoms with van der Waals surface area (Å²) in [6.07, 6.45) is 1.10. The highest BCUT2D eigenvalue weighted by Crippen LogP contribution is 2.24. The van der Waals surface area contributed by atoms with E-state index in [4.69, 9.17) is 10.5 Å². The van der Waals surface area contributed by atoms with Crippen molar-refractivity contribution in [3.8, 4) is 5.69 Å². The number of nitrogens with one attached hydrogen (secondary N) is 1. The van der Waals surface area contributed by atoms with Gasteiger partial charge < -0.3 is 10.5 Å². The molecule has 0 saturated carbocycles. The maximum atomic E-state index is 11.5. The number of amides is 1. The number of ether oxygens (including phenoxy) is 1. The van der Waals surface area contributed by atoms with Crippen molar-refractivity contribution in [3.05, 3.63) is 42.7 Å². The third-order valence-corrected chi connectivity index (χ3v) is 3.10. The third-order valence-electron chi connectivity index (χ3n) is 3.10. The van der Waals surface area contributed by atoms with Gasteiger partial charge in [0.2, 0.25) is 0 Å². The highest BCUT2D eigenvalue weighted by Gasteiger charge is 2.12. The SMILES string of the molecule is CCOC(=O)Nc1cc2c(ncn2-c2ccccc2)c(N)n1.Cl. The molecule has 0 saturated heterocycles. The molecule has 0 atom stereocenters. The predicted octanol–water partition coefficient (Wildman–Crippen LogP) is 2.99. The molecule has 1 amide bonds. The molecule has 0 unspecified atom stereocenters. The summed E-state index contributed by atoms with van der Waals surface area (Å²) >= 11 is 0. The molecule has 8 heteroatoms. The van der Waals surface area contributed by atoms with E-state index in [-0.39, 0.29) is 24.8 Å². The summed E-state index contributed by atoms with van der Waals surface area (Å²) in [4.78, 5) is 19.9. The number of nitrogens with two attached hydrogens (primary N) is 1. The minimum Gasteiger partial charge on any atom is -0.450 e. The van der Waals surface area contributed by atoms with Crippen LogP contribution in [0.3, 0.4) is 0 Å². The van der Waals surface area contributed by atoms with Crippen LogP contribution in [-0.4, -0.2) is 27.2 Å². The van der Waals surface area contributed by atoms with Crippen LogP contribution in [0, 0.1) is 0 Å². The fourth-order valence-corrected chi connectivity index (χ4v) is 2.17. The largest absolute Gasteiger partial charge is 0.450 e. The topological polar surface area (TPSA) is 95.1 Å². The van der Waals surface area contributed by atoms with Gasteiger partial charge in [0.05, 0.1) is 12.1 Å². The van der Waals surface area contributed by atoms with Crippen LogP contribution in [0.15, 0.2) is 42.7 Å². The van der Waals surface area contributed by atoms with Gasteiger partial charge in [0.15, 0.2) is 5.82 Å². The molecular weight excluding hydrogens is 318 g/mol. The van der Waals surface area contributed by atoms with Crippen molar-refractivity contribution in [3.63, 3.8) is 0 Å². The van der Waals surface area contributed by atoms with Crippen LogP contribution >= 0.6 is 12.4 Å². The van der Waals surface area contributed by atoms with Gasteiger partial charge in [-0.3, -0.25) is 9.88 Å². The molecule has 0 spiro atoms. The zero-order valence-corrected chi connectivity index (χ0v) is 13.2. The van der Waals surface area contributed by atoms with Gasteiger partial charge in [-0.25, -0.2) is 14.8 Å². The molecule has 0 aliphatic rings. The van der Waals surface area contributed by atoms with E-state index in [0.29, 0.717) is 11.3 Å². The summed E-state index contributed by atoms with van der Waals surface area (Å²) in [5, 5.41) is 2.55. The van der Waals surface area contributed by atoms with Gasteiger partial charge in [-0.05, 0) is 19.1 Å². The number of imidazole rings is 1. The summed E-state index contributed by atoms with van der Waals surface area (Å²) in [7, 11) is 0. The molecule has 0 fully saturated rings. The lowest BCUT2D eigenvalue weighted by molar-refractivity contribution is 0.168. The van der Waals surface area contributed by atoms with Gasteiger partial charge in [-0.15, -0.1) is 12.4 Å². The number of nitrogens with zero attached hydrogens (tertiary/aromatic N) is 3. The summed E-state index contributed by atoms with van der Waals surface area (Å²) in [5.41, 5.74) is 8.20. The lowest BCUT2D eigenvalue weighted by Crippen LogP contribution is -2.14. The van der Waals surface area contributed by atoms with E-state index in [1.54, 1.807) is 19.3 Å². The second-order valence-electron chi connectivity index (χ2n) is 4.56. The number of hydrogen-bond acceptors (Lipinski definition) is 5. The third kappa shape index (κ3) is 3.35. The van der Waals surface area contributed by atoms with Crippen molar-refractivity contribution in [1.29, 1.82) is 0 Å². The molecule has 120 valence electrons. The van der Waals surface area contributed by atoms with Crippen LogP contribution in [0.1, 0.15) is 6.92 Å². The second kappa shape index (κ2) is 6.97. The van der Waals surface area contributed by atoms with Crippen LogP contribution in [0.5, 0.6) is 0 Å². The number of aromatic nitrogens is 3. The number of pyridine rings is 1. The average Bonchev–Trinajstić information content (AvgIpc) is 2.92. The number of fused-ring (bicyclic) bond motifs is 1. The number of halogens is 1. The van der Waals surface area contributed by atoms with Gasteiger partial charge in [0.1, 0.15) is 17.7 Å². The molecule has 1 aromatic carbocycles. The number of hydrogen-bond donors (Lipinski definition) is 2. The van der Waals surface area contributed by atoms with Crippen LogP contribution in [0.2, 0.25) is 0 Å². The Morgan fingerprint density at radius 2 is 2.09 bits per heavy atom. The molecule has 23 heavy (non-hydrogen) atoms. The fraction of sp³-hybridized carbons (Fsp3) is 0.133. The van der Waals surface area contributed by atoms with E-state index in [2.05, 4.69) is 15.3 Å². The Morgan fingerprint density at radius 3 is 2.78 bits per heavy atom. The number of carbonyl (C=O) groups is 1. The van der Waals surface area contributed by atoms with Gasteiger partial charge in [-0.1, -0.05) is 18.2 Å². The van der Waals surface area contributed by atoms with Crippen molar-refractivity contribution >= 4 is 41.2 Å². The van der Waals surface area contributed by atoms with Crippen LogP contribution in [-0.2, 0) is 4.74 Å². The molecule has 0 aliphatic heterocycles. The number of carbonyl (C=O) groups excluding carboxylic acids is 1. The van der Waals surface area contributed by atoms with Crippen molar-refractivity contribution in [2.75, 3.05) is 17.7 Å². The standard InChI is InChI=1S/C15H15N5O2.ClH/c1-2-22-15(21)19-12-8-11-13(14(16)18-12)17-9-20(11)10-6-4-3-5-7-10;/h3-9H,2H2,1H3,(H3,16,18,19,21);1H. The highest BCUT2D eigenvalue weighted by atomic mass is 35.5. The van der Waals surface area contributed by atoms with Crippen molar-refractivity contribution in [1.82, 2.24) is 14.5 Å². The summed E-state index contributed by atoms with van der Waals surface area (Å²) in [5.74, 6) is 0.570. The number of anilines is 2. The summed E-state index contributed by atoms with van der Waals surface area (Å²) < 4.78 is 6.72. The zero-order valence-electron chi connectivity index (χ0n) is 12.4. The Morgan fingerprint density at radius 1 is 1.35 bits per heavy atom. The monoisotopic (exact) mass is 333 g/mol. The Labute approximate surface area is 138 Å². The van der Waals surface area contributed by atoms with Crippen LogP contribution in [0.25, 0.3) is 16.7 Å². The first kappa shape index (κ1) is 16.6. The number of benzene rings is 1. The molecule has 2 heterocycles. The smallest absolute Gasteiger partial charge is 0.412 e. The summed E-state index contributed by atoms with van der Waals surface area (Å²) in [6.45, 7) is 2.01. The van der Waals surface area contributed by atoms with Crippen LogP contribution < -0.4 is 11.1 Å². The number of nitrogen functional groups attached to an aromatic ring is 1. The molecule has 7 nitrogen and oxygen atoms in total. The minimum absolute atomic E-state index is 0. The van der Waals surface area contributed by atoms with E-state index in [1.165, 1.54) is 0 Å². The average molecular weight is 334 g/mol. The fourth-order valence-electron chi connectivity index (χ4n) is 2.17. The quantitative estimate of drug-likeness (QED) is 0.768. The van der Waals surface area contributed by atoms with Gasteiger partial charge in [0.25, 0.3) is 0 Å². The molecule has 3 rings (SSSR count). The number of para-hydroxylation sites is 1. The van der Waals surface area contributed by atoms with Crippen molar-refractivity contribution < 1.29 is 9.53 Å². The van der Waals surface area contributed by atoms with Gasteiger partial charge in [0, 0.05) is 11.8 Å².